The smallest absolute Gasteiger partial charge is 0.212 e. The van der Waals surface area contributed by atoms with E-state index in [4.69, 9.17) is 5.26 Å². The molecular weight excluding hydrogens is 186 g/mol. The summed E-state index contributed by atoms with van der Waals surface area (Å²) in [6, 6.07) is 2.67. The predicted molar refractivity (Wildman–Crippen MR) is 58.2 cm³/mol. The van der Waals surface area contributed by atoms with Crippen LogP contribution in [0.1, 0.15) is 50.9 Å². The van der Waals surface area contributed by atoms with Crippen LogP contribution in [-0.4, -0.2) is 9.55 Å². The molecule has 1 aliphatic rings. The van der Waals surface area contributed by atoms with E-state index in [-0.39, 0.29) is 0 Å². The number of nitriles is 1. The first-order chi connectivity index (χ1) is 7.36. The molecule has 1 fully saturated rings. The van der Waals surface area contributed by atoms with E-state index < -0.39 is 0 Å². The second-order valence-corrected chi connectivity index (χ2v) is 4.29. The van der Waals surface area contributed by atoms with Gasteiger partial charge in [-0.05, 0) is 18.8 Å². The Morgan fingerprint density at radius 1 is 1.53 bits per heavy atom. The van der Waals surface area contributed by atoms with Gasteiger partial charge < -0.3 is 4.57 Å². The lowest BCUT2D eigenvalue weighted by atomic mass is 9.82. The highest BCUT2D eigenvalue weighted by Crippen LogP contribution is 2.36. The van der Waals surface area contributed by atoms with Crippen LogP contribution in [0.3, 0.4) is 0 Å². The van der Waals surface area contributed by atoms with Crippen molar-refractivity contribution >= 4 is 0 Å². The molecule has 2 rings (SSSR count). The second kappa shape index (κ2) is 4.48. The van der Waals surface area contributed by atoms with Crippen molar-refractivity contribution in [2.24, 2.45) is 5.92 Å². The Kier molecular flexibility index (Phi) is 3.05. The molecule has 2 atom stereocenters. The van der Waals surface area contributed by atoms with Gasteiger partial charge in [-0.3, -0.25) is 0 Å². The number of nitrogens with zero attached hydrogens (tertiary/aromatic N) is 3. The van der Waals surface area contributed by atoms with E-state index in [1.165, 1.54) is 32.1 Å². The molecule has 0 saturated heterocycles. The lowest BCUT2D eigenvalue weighted by Gasteiger charge is -2.32. The van der Waals surface area contributed by atoms with Crippen LogP contribution in [0, 0.1) is 17.2 Å². The van der Waals surface area contributed by atoms with Gasteiger partial charge in [-0.25, -0.2) is 4.98 Å². The number of aromatic nitrogens is 2. The van der Waals surface area contributed by atoms with Crippen LogP contribution >= 0.6 is 0 Å². The normalized spacial score (nSPS) is 26.1. The van der Waals surface area contributed by atoms with E-state index in [9.17, 15) is 0 Å². The number of rotatable bonds is 2. The lowest BCUT2D eigenvalue weighted by Crippen LogP contribution is -2.23. The Labute approximate surface area is 90.7 Å². The van der Waals surface area contributed by atoms with Crippen molar-refractivity contribution in [3.8, 4) is 6.07 Å². The summed E-state index contributed by atoms with van der Waals surface area (Å²) >= 11 is 0. The number of hydrogen-bond donors (Lipinski definition) is 0. The van der Waals surface area contributed by atoms with Gasteiger partial charge in [0.25, 0.3) is 0 Å². The SMILES string of the molecule is CCC1CCCCC1n1ccnc1C#N. The highest BCUT2D eigenvalue weighted by atomic mass is 15.1. The summed E-state index contributed by atoms with van der Waals surface area (Å²) < 4.78 is 2.08. The Hall–Kier alpha value is -1.30. The van der Waals surface area contributed by atoms with Crippen LogP contribution in [-0.2, 0) is 0 Å². The zero-order valence-corrected chi connectivity index (χ0v) is 9.19. The molecule has 15 heavy (non-hydrogen) atoms. The minimum absolute atomic E-state index is 0.501. The summed E-state index contributed by atoms with van der Waals surface area (Å²) in [4.78, 5) is 4.08. The van der Waals surface area contributed by atoms with Crippen molar-refractivity contribution < 1.29 is 0 Å². The van der Waals surface area contributed by atoms with Crippen LogP contribution in [0.15, 0.2) is 12.4 Å². The van der Waals surface area contributed by atoms with Crippen LogP contribution in [0.25, 0.3) is 0 Å². The molecule has 1 aromatic rings. The molecule has 0 aliphatic heterocycles. The fraction of sp³-hybridized carbons (Fsp3) is 0.667. The molecule has 1 saturated carbocycles. The van der Waals surface area contributed by atoms with Crippen LogP contribution in [0.5, 0.6) is 0 Å². The first kappa shape index (κ1) is 10.2. The third kappa shape index (κ3) is 1.90. The minimum Gasteiger partial charge on any atom is -0.319 e. The first-order valence-corrected chi connectivity index (χ1v) is 5.79. The van der Waals surface area contributed by atoms with Crippen LogP contribution in [0.2, 0.25) is 0 Å². The third-order valence-corrected chi connectivity index (χ3v) is 3.52. The quantitative estimate of drug-likeness (QED) is 0.741. The summed E-state index contributed by atoms with van der Waals surface area (Å²) in [6.07, 6.45) is 10.0. The topological polar surface area (TPSA) is 41.6 Å². The average Bonchev–Trinajstić information content (AvgIpc) is 2.76. The van der Waals surface area contributed by atoms with Gasteiger partial charge in [-0.1, -0.05) is 26.2 Å². The standard InChI is InChI=1S/C12H17N3/c1-2-10-5-3-4-6-11(10)15-8-7-14-12(15)9-13/h7-8,10-11H,2-6H2,1H3. The largest absolute Gasteiger partial charge is 0.319 e. The van der Waals surface area contributed by atoms with Crippen molar-refractivity contribution in [2.45, 2.75) is 45.1 Å². The molecule has 0 radical (unpaired) electrons. The lowest BCUT2D eigenvalue weighted by molar-refractivity contribution is 0.231. The highest BCUT2D eigenvalue weighted by molar-refractivity contribution is 5.13. The van der Waals surface area contributed by atoms with Crippen LogP contribution < -0.4 is 0 Å². The van der Waals surface area contributed by atoms with Gasteiger partial charge >= 0.3 is 0 Å². The van der Waals surface area contributed by atoms with Crippen molar-refractivity contribution in [3.63, 3.8) is 0 Å². The second-order valence-electron chi connectivity index (χ2n) is 4.29. The first-order valence-electron chi connectivity index (χ1n) is 5.79. The van der Waals surface area contributed by atoms with E-state index in [1.54, 1.807) is 6.20 Å². The van der Waals surface area contributed by atoms with E-state index >= 15 is 0 Å². The monoisotopic (exact) mass is 203 g/mol. The zero-order valence-electron chi connectivity index (χ0n) is 9.19. The van der Waals surface area contributed by atoms with Crippen LogP contribution in [0.4, 0.5) is 0 Å². The molecule has 0 bridgehead atoms. The molecular formula is C12H17N3. The summed E-state index contributed by atoms with van der Waals surface area (Å²) in [5.74, 6) is 1.29. The molecule has 3 nitrogen and oxygen atoms in total. The molecule has 0 spiro atoms. The fourth-order valence-electron chi connectivity index (χ4n) is 2.70. The molecule has 3 heteroatoms. The Bertz CT molecular complexity index is 361. The number of imidazole rings is 1. The predicted octanol–water partition coefficient (Wildman–Crippen LogP) is 2.90. The van der Waals surface area contributed by atoms with E-state index in [0.29, 0.717) is 11.9 Å². The fourth-order valence-corrected chi connectivity index (χ4v) is 2.70. The summed E-state index contributed by atoms with van der Waals surface area (Å²) in [6.45, 7) is 2.24. The maximum Gasteiger partial charge on any atom is 0.212 e. The molecule has 1 aromatic heterocycles. The molecule has 80 valence electrons. The van der Waals surface area contributed by atoms with E-state index in [1.807, 2.05) is 6.20 Å². The molecule has 1 heterocycles. The van der Waals surface area contributed by atoms with Gasteiger partial charge in [0.05, 0.1) is 0 Å². The van der Waals surface area contributed by atoms with E-state index in [2.05, 4.69) is 22.5 Å². The van der Waals surface area contributed by atoms with Crippen molar-refractivity contribution in [3.05, 3.63) is 18.2 Å². The van der Waals surface area contributed by atoms with Crippen molar-refractivity contribution in [1.82, 2.24) is 9.55 Å². The Morgan fingerprint density at radius 2 is 2.33 bits per heavy atom. The third-order valence-electron chi connectivity index (χ3n) is 3.52. The molecule has 0 amide bonds. The molecule has 1 aliphatic carbocycles. The molecule has 0 N–H and O–H groups in total. The number of hydrogen-bond acceptors (Lipinski definition) is 2. The van der Waals surface area contributed by atoms with Gasteiger partial charge in [-0.2, -0.15) is 5.26 Å². The van der Waals surface area contributed by atoms with Gasteiger partial charge in [0.2, 0.25) is 5.82 Å². The molecule has 2 unspecified atom stereocenters. The van der Waals surface area contributed by atoms with Gasteiger partial charge in [0.1, 0.15) is 6.07 Å². The Balaban J connectivity index is 2.24. The Morgan fingerprint density at radius 3 is 3.07 bits per heavy atom. The van der Waals surface area contributed by atoms with Crippen molar-refractivity contribution in [1.29, 1.82) is 5.26 Å². The average molecular weight is 203 g/mol. The van der Waals surface area contributed by atoms with Gasteiger partial charge in [0.15, 0.2) is 0 Å². The summed E-state index contributed by atoms with van der Waals surface area (Å²) in [5.41, 5.74) is 0. The van der Waals surface area contributed by atoms with E-state index in [0.717, 1.165) is 5.92 Å². The highest BCUT2D eigenvalue weighted by Gasteiger charge is 2.26. The molecule has 0 aromatic carbocycles. The maximum absolute atomic E-state index is 8.96. The maximum atomic E-state index is 8.96. The van der Waals surface area contributed by atoms with Gasteiger partial charge in [-0.15, -0.1) is 0 Å². The minimum atomic E-state index is 0.501. The van der Waals surface area contributed by atoms with Gasteiger partial charge in [0, 0.05) is 18.4 Å². The zero-order chi connectivity index (χ0) is 10.7. The summed E-state index contributed by atoms with van der Waals surface area (Å²) in [7, 11) is 0. The summed E-state index contributed by atoms with van der Waals surface area (Å²) in [5, 5.41) is 8.96. The van der Waals surface area contributed by atoms with Crippen molar-refractivity contribution in [2.75, 3.05) is 0 Å².